The lowest BCUT2D eigenvalue weighted by atomic mass is 10.1. The number of hydrogen-bond acceptors (Lipinski definition) is 3. The Bertz CT molecular complexity index is 394. The van der Waals surface area contributed by atoms with Gasteiger partial charge in [0.2, 0.25) is 0 Å². The first-order chi connectivity index (χ1) is 7.41. The van der Waals surface area contributed by atoms with Gasteiger partial charge in [0.1, 0.15) is 5.82 Å². The summed E-state index contributed by atoms with van der Waals surface area (Å²) in [6, 6.07) is 1.64. The number of anilines is 1. The molecular formula is C10H14Cl2N4. The molecule has 1 unspecified atom stereocenters. The van der Waals surface area contributed by atoms with Gasteiger partial charge in [0.25, 0.3) is 0 Å². The Morgan fingerprint density at radius 3 is 2.75 bits per heavy atom. The number of nitrogens with zero attached hydrogens (tertiary/aromatic N) is 2. The van der Waals surface area contributed by atoms with E-state index in [0.29, 0.717) is 22.4 Å². The number of hydrogen-bond donors (Lipinski definition) is 2. The molecule has 0 bridgehead atoms. The van der Waals surface area contributed by atoms with Crippen molar-refractivity contribution in [1.82, 2.24) is 4.98 Å². The van der Waals surface area contributed by atoms with Gasteiger partial charge >= 0.3 is 0 Å². The maximum Gasteiger partial charge on any atom is 0.147 e. The number of halogens is 2. The summed E-state index contributed by atoms with van der Waals surface area (Å²) in [5.74, 6) is 0.745. The van der Waals surface area contributed by atoms with Crippen LogP contribution in [-0.4, -0.2) is 24.4 Å². The van der Waals surface area contributed by atoms with Crippen molar-refractivity contribution in [2.75, 3.05) is 18.5 Å². The lowest BCUT2D eigenvalue weighted by Crippen LogP contribution is -2.32. The van der Waals surface area contributed by atoms with Crippen molar-refractivity contribution in [3.05, 3.63) is 22.3 Å². The lowest BCUT2D eigenvalue weighted by Gasteiger charge is -2.22. The second kappa shape index (κ2) is 5.37. The second-order valence-corrected chi connectivity index (χ2v) is 4.54. The largest absolute Gasteiger partial charge is 0.387 e. The van der Waals surface area contributed by atoms with Crippen LogP contribution in [0.15, 0.2) is 12.3 Å². The van der Waals surface area contributed by atoms with E-state index in [1.807, 2.05) is 18.9 Å². The molecule has 0 aliphatic rings. The molecule has 0 radical (unpaired) electrons. The smallest absolute Gasteiger partial charge is 0.147 e. The summed E-state index contributed by atoms with van der Waals surface area (Å²) in [6.45, 7) is 2.46. The van der Waals surface area contributed by atoms with Gasteiger partial charge in [-0.05, 0) is 6.07 Å². The van der Waals surface area contributed by atoms with Gasteiger partial charge < -0.3 is 10.6 Å². The van der Waals surface area contributed by atoms with Crippen LogP contribution in [0, 0.1) is 11.3 Å². The van der Waals surface area contributed by atoms with Gasteiger partial charge in [-0.1, -0.05) is 30.1 Å². The Kier molecular flexibility index (Phi) is 4.38. The number of nitrogens with one attached hydrogen (secondary N) is 1. The zero-order valence-electron chi connectivity index (χ0n) is 9.17. The quantitative estimate of drug-likeness (QED) is 0.646. The molecule has 0 spiro atoms. The van der Waals surface area contributed by atoms with Crippen molar-refractivity contribution in [2.24, 2.45) is 11.7 Å². The van der Waals surface area contributed by atoms with E-state index in [9.17, 15) is 0 Å². The molecule has 1 aromatic heterocycles. The summed E-state index contributed by atoms with van der Waals surface area (Å²) >= 11 is 11.8. The zero-order chi connectivity index (χ0) is 12.3. The van der Waals surface area contributed by atoms with Crippen molar-refractivity contribution in [3.8, 4) is 0 Å². The minimum absolute atomic E-state index is 0.0430. The zero-order valence-corrected chi connectivity index (χ0v) is 10.7. The molecule has 4 nitrogen and oxygen atoms in total. The van der Waals surface area contributed by atoms with Crippen LogP contribution in [0.4, 0.5) is 5.82 Å². The van der Waals surface area contributed by atoms with Crippen LogP contribution in [0.25, 0.3) is 0 Å². The van der Waals surface area contributed by atoms with Crippen LogP contribution >= 0.6 is 23.2 Å². The SMILES string of the molecule is CC(CN(C)c1ncc(Cl)cc1Cl)C(=N)N. The van der Waals surface area contributed by atoms with Gasteiger partial charge in [-0.25, -0.2) is 4.98 Å². The van der Waals surface area contributed by atoms with Crippen LogP contribution in [0.2, 0.25) is 10.0 Å². The van der Waals surface area contributed by atoms with Gasteiger partial charge in [-0.2, -0.15) is 0 Å². The number of aromatic nitrogens is 1. The van der Waals surface area contributed by atoms with Gasteiger partial charge in [-0.3, -0.25) is 5.41 Å². The van der Waals surface area contributed by atoms with Crippen LogP contribution in [-0.2, 0) is 0 Å². The third-order valence-corrected chi connectivity index (χ3v) is 2.71. The predicted molar refractivity (Wildman–Crippen MR) is 68.6 cm³/mol. The Hall–Kier alpha value is -1.00. The van der Waals surface area contributed by atoms with E-state index in [4.69, 9.17) is 34.3 Å². The molecule has 0 aliphatic carbocycles. The molecule has 1 rings (SSSR count). The molecule has 0 saturated carbocycles. The fraction of sp³-hybridized carbons (Fsp3) is 0.400. The summed E-state index contributed by atoms with van der Waals surface area (Å²) in [5, 5.41) is 8.31. The molecule has 0 fully saturated rings. The molecule has 3 N–H and O–H groups in total. The summed E-state index contributed by atoms with van der Waals surface area (Å²) in [6.07, 6.45) is 1.54. The summed E-state index contributed by atoms with van der Waals surface area (Å²) in [5.41, 5.74) is 5.41. The Balaban J connectivity index is 2.80. The van der Waals surface area contributed by atoms with Crippen LogP contribution in [0.3, 0.4) is 0 Å². The van der Waals surface area contributed by atoms with Gasteiger partial charge in [0, 0.05) is 25.7 Å². The Morgan fingerprint density at radius 1 is 1.62 bits per heavy atom. The van der Waals surface area contributed by atoms with E-state index in [-0.39, 0.29) is 11.8 Å². The van der Waals surface area contributed by atoms with Crippen molar-refractivity contribution in [1.29, 1.82) is 5.41 Å². The average molecular weight is 261 g/mol. The molecule has 6 heteroatoms. The highest BCUT2D eigenvalue weighted by Gasteiger charge is 2.13. The number of nitrogens with two attached hydrogens (primary N) is 1. The van der Waals surface area contributed by atoms with Gasteiger partial charge in [-0.15, -0.1) is 0 Å². The highest BCUT2D eigenvalue weighted by atomic mass is 35.5. The molecule has 16 heavy (non-hydrogen) atoms. The maximum atomic E-state index is 7.32. The van der Waals surface area contributed by atoms with Gasteiger partial charge in [0.15, 0.2) is 0 Å². The van der Waals surface area contributed by atoms with E-state index < -0.39 is 0 Å². The standard InChI is InChI=1S/C10H14Cl2N4/c1-6(9(13)14)5-16(2)10-8(12)3-7(11)4-15-10/h3-4,6H,5H2,1-2H3,(H3,13,14). The van der Waals surface area contributed by atoms with E-state index in [1.54, 1.807) is 6.07 Å². The first-order valence-corrected chi connectivity index (χ1v) is 5.53. The second-order valence-electron chi connectivity index (χ2n) is 3.70. The highest BCUT2D eigenvalue weighted by Crippen LogP contribution is 2.25. The van der Waals surface area contributed by atoms with Crippen LogP contribution in [0.1, 0.15) is 6.92 Å². The monoisotopic (exact) mass is 260 g/mol. The first-order valence-electron chi connectivity index (χ1n) is 4.78. The first kappa shape index (κ1) is 13.1. The number of rotatable bonds is 4. The summed E-state index contributed by atoms with van der Waals surface area (Å²) < 4.78 is 0. The van der Waals surface area contributed by atoms with E-state index >= 15 is 0 Å². The fourth-order valence-electron chi connectivity index (χ4n) is 1.28. The van der Waals surface area contributed by atoms with Crippen molar-refractivity contribution in [2.45, 2.75) is 6.92 Å². The van der Waals surface area contributed by atoms with Crippen LogP contribution in [0.5, 0.6) is 0 Å². The normalized spacial score (nSPS) is 12.2. The third kappa shape index (κ3) is 3.25. The van der Waals surface area contributed by atoms with Crippen LogP contribution < -0.4 is 10.6 Å². The molecule has 1 aromatic rings. The minimum Gasteiger partial charge on any atom is -0.387 e. The maximum absolute atomic E-state index is 7.32. The number of amidine groups is 1. The summed E-state index contributed by atoms with van der Waals surface area (Å²) in [4.78, 5) is 5.99. The Labute approximate surface area is 105 Å². The third-order valence-electron chi connectivity index (χ3n) is 2.23. The molecule has 88 valence electrons. The molecule has 1 atom stereocenters. The summed E-state index contributed by atoms with van der Waals surface area (Å²) in [7, 11) is 1.85. The molecule has 0 aliphatic heterocycles. The molecule has 0 amide bonds. The molecular weight excluding hydrogens is 247 g/mol. The predicted octanol–water partition coefficient (Wildman–Crippen LogP) is 2.40. The average Bonchev–Trinajstić information content (AvgIpc) is 2.16. The molecule has 0 aromatic carbocycles. The minimum atomic E-state index is -0.0430. The van der Waals surface area contributed by atoms with Gasteiger partial charge in [0.05, 0.1) is 15.9 Å². The van der Waals surface area contributed by atoms with E-state index in [1.165, 1.54) is 6.20 Å². The fourth-order valence-corrected chi connectivity index (χ4v) is 1.81. The van der Waals surface area contributed by atoms with E-state index in [0.717, 1.165) is 0 Å². The number of pyridine rings is 1. The van der Waals surface area contributed by atoms with Crippen molar-refractivity contribution in [3.63, 3.8) is 0 Å². The molecule has 1 heterocycles. The van der Waals surface area contributed by atoms with Crippen molar-refractivity contribution < 1.29 is 0 Å². The topological polar surface area (TPSA) is 66.0 Å². The lowest BCUT2D eigenvalue weighted by molar-refractivity contribution is 0.723. The van der Waals surface area contributed by atoms with E-state index in [2.05, 4.69) is 4.98 Å². The molecule has 0 saturated heterocycles. The van der Waals surface area contributed by atoms with Crippen molar-refractivity contribution >= 4 is 34.9 Å². The Morgan fingerprint density at radius 2 is 2.25 bits per heavy atom. The highest BCUT2D eigenvalue weighted by molar-refractivity contribution is 6.35.